The SMILES string of the molecule is CN=C1CC2=C(CCCC2CNC[N+]2=C(C)CC3=C2CCCC3CNC)N1. The van der Waals surface area contributed by atoms with Gasteiger partial charge in [0.05, 0.1) is 6.42 Å². The van der Waals surface area contributed by atoms with Crippen LogP contribution in [0, 0.1) is 11.8 Å². The highest BCUT2D eigenvalue weighted by molar-refractivity contribution is 5.89. The highest BCUT2D eigenvalue weighted by Crippen LogP contribution is 2.37. The molecule has 0 aromatic carbocycles. The molecule has 2 aliphatic carbocycles. The molecule has 2 aliphatic heterocycles. The highest BCUT2D eigenvalue weighted by Gasteiger charge is 2.36. The van der Waals surface area contributed by atoms with Crippen LogP contribution >= 0.6 is 0 Å². The van der Waals surface area contributed by atoms with E-state index in [2.05, 4.69) is 39.5 Å². The van der Waals surface area contributed by atoms with Crippen molar-refractivity contribution in [2.45, 2.75) is 58.3 Å². The number of rotatable bonds is 6. The Morgan fingerprint density at radius 3 is 2.63 bits per heavy atom. The summed E-state index contributed by atoms with van der Waals surface area (Å²) in [7, 11) is 3.98. The second-order valence-electron chi connectivity index (χ2n) is 8.64. The summed E-state index contributed by atoms with van der Waals surface area (Å²) in [6, 6.07) is 0. The van der Waals surface area contributed by atoms with Crippen LogP contribution in [0.1, 0.15) is 58.3 Å². The molecule has 2 heterocycles. The Bertz CT molecular complexity index is 712. The van der Waals surface area contributed by atoms with Crippen molar-refractivity contribution in [1.82, 2.24) is 16.0 Å². The number of amidine groups is 1. The lowest BCUT2D eigenvalue weighted by Gasteiger charge is -2.24. The normalized spacial score (nSPS) is 29.5. The third-order valence-electron chi connectivity index (χ3n) is 6.96. The van der Waals surface area contributed by atoms with Gasteiger partial charge in [-0.2, -0.15) is 4.58 Å². The van der Waals surface area contributed by atoms with Crippen molar-refractivity contribution >= 4 is 11.5 Å². The topological polar surface area (TPSA) is 51.5 Å². The molecule has 27 heavy (non-hydrogen) atoms. The van der Waals surface area contributed by atoms with E-state index in [1.165, 1.54) is 56.4 Å². The predicted molar refractivity (Wildman–Crippen MR) is 112 cm³/mol. The number of aliphatic imine (C=N–C) groups is 1. The fraction of sp³-hybridized carbons (Fsp3) is 0.727. The van der Waals surface area contributed by atoms with Crippen LogP contribution in [-0.4, -0.2) is 50.0 Å². The number of hydrogen-bond acceptors (Lipinski definition) is 3. The van der Waals surface area contributed by atoms with Crippen LogP contribution in [0.4, 0.5) is 0 Å². The number of nitrogens with one attached hydrogen (secondary N) is 3. The van der Waals surface area contributed by atoms with Crippen molar-refractivity contribution in [2.24, 2.45) is 16.8 Å². The Morgan fingerprint density at radius 1 is 1.07 bits per heavy atom. The average molecular weight is 371 g/mol. The van der Waals surface area contributed by atoms with E-state index in [1.807, 2.05) is 7.05 Å². The standard InChI is InChI=1S/C22H36N5/c1-15-10-19-16(12-23-2)7-5-9-21(19)27(15)14-25-13-17-6-4-8-20-18(17)11-22(24-3)26-20/h16-17,23,25H,4-14H2,1-3H3,(H,24,26)/q+1. The lowest BCUT2D eigenvalue weighted by Crippen LogP contribution is -2.33. The van der Waals surface area contributed by atoms with Crippen molar-refractivity contribution in [2.75, 3.05) is 33.9 Å². The molecule has 0 aromatic rings. The summed E-state index contributed by atoms with van der Waals surface area (Å²) in [5.41, 5.74) is 7.94. The summed E-state index contributed by atoms with van der Waals surface area (Å²) < 4.78 is 2.58. The third-order valence-corrected chi connectivity index (χ3v) is 6.96. The summed E-state index contributed by atoms with van der Waals surface area (Å²) in [5, 5.41) is 10.7. The second kappa shape index (κ2) is 8.27. The van der Waals surface area contributed by atoms with E-state index in [0.29, 0.717) is 5.92 Å². The summed E-state index contributed by atoms with van der Waals surface area (Å²) in [5.74, 6) is 2.56. The molecule has 0 saturated carbocycles. The minimum absolute atomic E-state index is 0.667. The van der Waals surface area contributed by atoms with Gasteiger partial charge in [0.15, 0.2) is 11.4 Å². The van der Waals surface area contributed by atoms with Gasteiger partial charge in [-0.3, -0.25) is 10.3 Å². The molecule has 2 unspecified atom stereocenters. The molecule has 4 aliphatic rings. The van der Waals surface area contributed by atoms with Gasteiger partial charge in [0.2, 0.25) is 6.67 Å². The van der Waals surface area contributed by atoms with Crippen molar-refractivity contribution in [1.29, 1.82) is 0 Å². The average Bonchev–Trinajstić information content (AvgIpc) is 3.24. The van der Waals surface area contributed by atoms with E-state index in [-0.39, 0.29) is 0 Å². The highest BCUT2D eigenvalue weighted by atomic mass is 15.2. The molecule has 148 valence electrons. The number of nitrogens with zero attached hydrogens (tertiary/aromatic N) is 2. The Balaban J connectivity index is 1.38. The Hall–Kier alpha value is -1.46. The smallest absolute Gasteiger partial charge is 0.202 e. The zero-order valence-electron chi connectivity index (χ0n) is 17.3. The molecular weight excluding hydrogens is 334 g/mol. The number of allylic oxidation sites excluding steroid dienone is 2. The van der Waals surface area contributed by atoms with Gasteiger partial charge >= 0.3 is 0 Å². The van der Waals surface area contributed by atoms with E-state index < -0.39 is 0 Å². The number of hydrogen-bond donors (Lipinski definition) is 3. The van der Waals surface area contributed by atoms with Crippen LogP contribution in [0.25, 0.3) is 0 Å². The quantitative estimate of drug-likeness (QED) is 0.630. The molecule has 3 N–H and O–H groups in total. The largest absolute Gasteiger partial charge is 0.347 e. The van der Waals surface area contributed by atoms with Crippen molar-refractivity contribution in [3.8, 4) is 0 Å². The molecule has 4 rings (SSSR count). The Labute approximate surface area is 164 Å². The fourth-order valence-corrected chi connectivity index (χ4v) is 5.55. The maximum absolute atomic E-state index is 4.39. The van der Waals surface area contributed by atoms with Crippen LogP contribution < -0.4 is 16.0 Å². The summed E-state index contributed by atoms with van der Waals surface area (Å²) in [6.45, 7) is 5.51. The van der Waals surface area contributed by atoms with Crippen LogP contribution in [0.5, 0.6) is 0 Å². The second-order valence-corrected chi connectivity index (χ2v) is 8.64. The zero-order valence-corrected chi connectivity index (χ0v) is 17.3. The van der Waals surface area contributed by atoms with Gasteiger partial charge in [0.1, 0.15) is 5.84 Å². The van der Waals surface area contributed by atoms with Crippen LogP contribution in [0.3, 0.4) is 0 Å². The van der Waals surface area contributed by atoms with Gasteiger partial charge in [0, 0.05) is 51.2 Å². The van der Waals surface area contributed by atoms with E-state index in [1.54, 1.807) is 16.8 Å². The molecule has 0 spiro atoms. The third kappa shape index (κ3) is 3.77. The maximum Gasteiger partial charge on any atom is 0.202 e. The molecule has 0 aromatic heterocycles. The monoisotopic (exact) mass is 370 g/mol. The van der Waals surface area contributed by atoms with E-state index in [0.717, 1.165) is 37.9 Å². The minimum atomic E-state index is 0.667. The Kier molecular flexibility index (Phi) is 5.79. The molecule has 0 amide bonds. The zero-order chi connectivity index (χ0) is 18.8. The van der Waals surface area contributed by atoms with Crippen molar-refractivity contribution in [3.63, 3.8) is 0 Å². The molecule has 0 bridgehead atoms. The van der Waals surface area contributed by atoms with Gasteiger partial charge in [-0.05, 0) is 56.6 Å². The summed E-state index contributed by atoms with van der Waals surface area (Å²) >= 11 is 0. The van der Waals surface area contributed by atoms with Gasteiger partial charge in [-0.15, -0.1) is 0 Å². The van der Waals surface area contributed by atoms with Crippen molar-refractivity contribution < 1.29 is 4.58 Å². The molecule has 0 radical (unpaired) electrons. The molecule has 2 atom stereocenters. The fourth-order valence-electron chi connectivity index (χ4n) is 5.55. The van der Waals surface area contributed by atoms with E-state index in [4.69, 9.17) is 0 Å². The first kappa shape index (κ1) is 18.9. The molecule has 5 nitrogen and oxygen atoms in total. The van der Waals surface area contributed by atoms with Gasteiger partial charge in [-0.1, -0.05) is 0 Å². The van der Waals surface area contributed by atoms with Crippen LogP contribution in [-0.2, 0) is 0 Å². The van der Waals surface area contributed by atoms with E-state index in [9.17, 15) is 0 Å². The first-order valence-corrected chi connectivity index (χ1v) is 10.8. The Morgan fingerprint density at radius 2 is 1.85 bits per heavy atom. The van der Waals surface area contributed by atoms with Crippen LogP contribution in [0.15, 0.2) is 27.5 Å². The summed E-state index contributed by atoms with van der Waals surface area (Å²) in [6.07, 6.45) is 9.97. The molecule has 5 heteroatoms. The molecule has 0 fully saturated rings. The molecular formula is C22H36N5+. The van der Waals surface area contributed by atoms with Gasteiger partial charge in [0.25, 0.3) is 0 Å². The van der Waals surface area contributed by atoms with Crippen LogP contribution in [0.2, 0.25) is 0 Å². The minimum Gasteiger partial charge on any atom is -0.347 e. The van der Waals surface area contributed by atoms with Crippen molar-refractivity contribution in [3.05, 3.63) is 22.5 Å². The molecule has 0 saturated heterocycles. The lowest BCUT2D eigenvalue weighted by molar-refractivity contribution is -0.484. The maximum atomic E-state index is 4.39. The summed E-state index contributed by atoms with van der Waals surface area (Å²) in [4.78, 5) is 4.39. The predicted octanol–water partition coefficient (Wildman–Crippen LogP) is 2.76. The van der Waals surface area contributed by atoms with E-state index >= 15 is 0 Å². The van der Waals surface area contributed by atoms with Gasteiger partial charge in [-0.25, -0.2) is 0 Å². The lowest BCUT2D eigenvalue weighted by atomic mass is 9.84. The first-order valence-electron chi connectivity index (χ1n) is 10.8. The first-order chi connectivity index (χ1) is 13.2. The van der Waals surface area contributed by atoms with Gasteiger partial charge < -0.3 is 10.6 Å².